The maximum absolute atomic E-state index is 10.7. The van der Waals surface area contributed by atoms with Gasteiger partial charge in [-0.1, -0.05) is 6.07 Å². The van der Waals surface area contributed by atoms with Crippen molar-refractivity contribution < 1.29 is 9.90 Å². The lowest BCUT2D eigenvalue weighted by atomic mass is 10.2. The molecule has 0 bridgehead atoms. The number of nitrogens with two attached hydrogens (primary N) is 1. The number of thiophene rings is 1. The summed E-state index contributed by atoms with van der Waals surface area (Å²) in [6, 6.07) is 3.85. The molecule has 3 nitrogen and oxygen atoms in total. The smallest absolute Gasteiger partial charge is 0.324 e. The van der Waals surface area contributed by atoms with Crippen LogP contribution in [0.3, 0.4) is 0 Å². The second-order valence-corrected chi connectivity index (χ2v) is 4.10. The van der Waals surface area contributed by atoms with Gasteiger partial charge in [0.25, 0.3) is 0 Å². The van der Waals surface area contributed by atoms with E-state index in [1.54, 1.807) is 11.3 Å². The summed E-state index contributed by atoms with van der Waals surface area (Å²) in [6.07, 6.45) is 0.572. The Morgan fingerprint density at radius 2 is 2.58 bits per heavy atom. The van der Waals surface area contributed by atoms with Crippen LogP contribution in [0.4, 0.5) is 0 Å². The first-order chi connectivity index (χ1) is 5.64. The van der Waals surface area contributed by atoms with Crippen LogP contribution in [-0.4, -0.2) is 16.6 Å². The summed E-state index contributed by atoms with van der Waals surface area (Å²) in [5.41, 5.74) is 4.65. The Morgan fingerprint density at radius 3 is 3.00 bits per heavy atom. The minimum absolute atomic E-state index is 0.0370. The van der Waals surface area contributed by atoms with Crippen LogP contribution in [-0.2, 0) is 4.79 Å². The molecule has 0 spiro atoms. The second-order valence-electron chi connectivity index (χ2n) is 3.12. The Morgan fingerprint density at radius 1 is 1.83 bits per heavy atom. The van der Waals surface area contributed by atoms with Gasteiger partial charge in [-0.3, -0.25) is 4.79 Å². The molecule has 1 saturated carbocycles. The predicted molar refractivity (Wildman–Crippen MR) is 46.2 cm³/mol. The van der Waals surface area contributed by atoms with Gasteiger partial charge < -0.3 is 10.8 Å². The standard InChI is InChI=1S/C8H9NO2S/c9-8(7(10)11)4-5(8)6-2-1-3-12-6/h1-3,5H,4,9H2,(H,10,11)/t5-,8-/m1/s1. The number of carbonyl (C=O) groups is 1. The molecular weight excluding hydrogens is 174 g/mol. The minimum atomic E-state index is -0.981. The highest BCUT2D eigenvalue weighted by Gasteiger charge is 2.58. The van der Waals surface area contributed by atoms with Crippen LogP contribution in [0.25, 0.3) is 0 Å². The van der Waals surface area contributed by atoms with Crippen LogP contribution in [0.2, 0.25) is 0 Å². The molecule has 64 valence electrons. The van der Waals surface area contributed by atoms with Crippen molar-refractivity contribution in [2.75, 3.05) is 0 Å². The minimum Gasteiger partial charge on any atom is -0.480 e. The van der Waals surface area contributed by atoms with Crippen LogP contribution in [0.15, 0.2) is 17.5 Å². The third-order valence-corrected chi connectivity index (χ3v) is 3.27. The Labute approximate surface area is 73.8 Å². The number of carboxylic acid groups (broad SMARTS) is 1. The van der Waals surface area contributed by atoms with Crippen molar-refractivity contribution >= 4 is 17.3 Å². The van der Waals surface area contributed by atoms with E-state index in [9.17, 15) is 4.79 Å². The SMILES string of the molecule is N[C@]1(C(=O)O)C[C@@H]1c1cccs1. The van der Waals surface area contributed by atoms with E-state index in [2.05, 4.69) is 0 Å². The molecule has 0 aliphatic heterocycles. The molecule has 0 radical (unpaired) electrons. The summed E-state index contributed by atoms with van der Waals surface area (Å²) in [5, 5.41) is 10.7. The maximum atomic E-state index is 10.7. The highest BCUT2D eigenvalue weighted by Crippen LogP contribution is 2.50. The fourth-order valence-electron chi connectivity index (χ4n) is 1.36. The van der Waals surface area contributed by atoms with Crippen molar-refractivity contribution in [3.8, 4) is 0 Å². The zero-order valence-corrected chi connectivity index (χ0v) is 7.17. The normalized spacial score (nSPS) is 33.2. The molecule has 3 N–H and O–H groups in total. The average molecular weight is 183 g/mol. The fourth-order valence-corrected chi connectivity index (χ4v) is 2.29. The Balaban J connectivity index is 2.19. The molecule has 0 saturated heterocycles. The Kier molecular flexibility index (Phi) is 1.49. The maximum Gasteiger partial charge on any atom is 0.324 e. The van der Waals surface area contributed by atoms with Gasteiger partial charge in [-0.2, -0.15) is 0 Å². The summed E-state index contributed by atoms with van der Waals surface area (Å²) >= 11 is 1.57. The first-order valence-corrected chi connectivity index (χ1v) is 4.58. The predicted octanol–water partition coefficient (Wildman–Crippen LogP) is 1.02. The van der Waals surface area contributed by atoms with Crippen LogP contribution >= 0.6 is 11.3 Å². The first-order valence-electron chi connectivity index (χ1n) is 3.70. The summed E-state index contributed by atoms with van der Waals surface area (Å²) < 4.78 is 0. The zero-order chi connectivity index (χ0) is 8.77. The number of rotatable bonds is 2. The molecule has 4 heteroatoms. The number of hydrogen-bond acceptors (Lipinski definition) is 3. The van der Waals surface area contributed by atoms with E-state index >= 15 is 0 Å². The quantitative estimate of drug-likeness (QED) is 0.719. The number of hydrogen-bond donors (Lipinski definition) is 2. The summed E-state index contributed by atoms with van der Waals surface area (Å²) in [6.45, 7) is 0. The summed E-state index contributed by atoms with van der Waals surface area (Å²) in [4.78, 5) is 11.8. The van der Waals surface area contributed by atoms with E-state index in [1.165, 1.54) is 0 Å². The Hall–Kier alpha value is -0.870. The van der Waals surface area contributed by atoms with Crippen molar-refractivity contribution in [1.82, 2.24) is 0 Å². The van der Waals surface area contributed by atoms with Crippen molar-refractivity contribution in [1.29, 1.82) is 0 Å². The molecule has 1 fully saturated rings. The van der Waals surface area contributed by atoms with Gasteiger partial charge in [-0.25, -0.2) is 0 Å². The number of carboxylic acids is 1. The van der Waals surface area contributed by atoms with Gasteiger partial charge in [-0.15, -0.1) is 11.3 Å². The molecule has 12 heavy (non-hydrogen) atoms. The highest BCUT2D eigenvalue weighted by molar-refractivity contribution is 7.10. The molecular formula is C8H9NO2S. The topological polar surface area (TPSA) is 63.3 Å². The first kappa shape index (κ1) is 7.76. The molecule has 0 aromatic carbocycles. The van der Waals surface area contributed by atoms with Crippen molar-refractivity contribution in [3.63, 3.8) is 0 Å². The lowest BCUT2D eigenvalue weighted by molar-refractivity contribution is -0.139. The molecule has 0 amide bonds. The van der Waals surface area contributed by atoms with E-state index in [4.69, 9.17) is 10.8 Å². The largest absolute Gasteiger partial charge is 0.480 e. The molecule has 1 aromatic rings. The molecule has 2 atom stereocenters. The van der Waals surface area contributed by atoms with Gasteiger partial charge >= 0.3 is 5.97 Å². The van der Waals surface area contributed by atoms with Crippen LogP contribution in [0.1, 0.15) is 17.2 Å². The van der Waals surface area contributed by atoms with Crippen molar-refractivity contribution in [2.45, 2.75) is 17.9 Å². The van der Waals surface area contributed by atoms with E-state index < -0.39 is 11.5 Å². The number of aliphatic carboxylic acids is 1. The van der Waals surface area contributed by atoms with Crippen molar-refractivity contribution in [2.24, 2.45) is 5.73 Å². The molecule has 2 rings (SSSR count). The van der Waals surface area contributed by atoms with Gasteiger partial charge in [0.1, 0.15) is 5.54 Å². The van der Waals surface area contributed by atoms with Crippen LogP contribution in [0, 0.1) is 0 Å². The molecule has 1 aliphatic carbocycles. The summed E-state index contributed by atoms with van der Waals surface area (Å²) in [5.74, 6) is -0.851. The molecule has 1 aliphatic rings. The zero-order valence-electron chi connectivity index (χ0n) is 6.36. The van der Waals surface area contributed by atoms with Gasteiger partial charge in [-0.05, 0) is 17.9 Å². The Bertz CT molecular complexity index is 309. The van der Waals surface area contributed by atoms with Crippen molar-refractivity contribution in [3.05, 3.63) is 22.4 Å². The molecule has 0 unspecified atom stereocenters. The van der Waals surface area contributed by atoms with Gasteiger partial charge in [0.2, 0.25) is 0 Å². The van der Waals surface area contributed by atoms with Gasteiger partial charge in [0.15, 0.2) is 0 Å². The molecule has 1 aromatic heterocycles. The summed E-state index contributed by atoms with van der Waals surface area (Å²) in [7, 11) is 0. The third-order valence-electron chi connectivity index (χ3n) is 2.29. The third kappa shape index (κ3) is 0.956. The van der Waals surface area contributed by atoms with E-state index in [0.29, 0.717) is 6.42 Å². The second kappa shape index (κ2) is 2.31. The molecule has 1 heterocycles. The average Bonchev–Trinajstić information content (AvgIpc) is 2.49. The highest BCUT2D eigenvalue weighted by atomic mass is 32.1. The van der Waals surface area contributed by atoms with Crippen LogP contribution in [0.5, 0.6) is 0 Å². The van der Waals surface area contributed by atoms with Gasteiger partial charge in [0, 0.05) is 10.8 Å². The fraction of sp³-hybridized carbons (Fsp3) is 0.375. The van der Waals surface area contributed by atoms with E-state index in [-0.39, 0.29) is 5.92 Å². The van der Waals surface area contributed by atoms with E-state index in [0.717, 1.165) is 4.88 Å². The van der Waals surface area contributed by atoms with Gasteiger partial charge in [0.05, 0.1) is 0 Å². The van der Waals surface area contributed by atoms with E-state index in [1.807, 2.05) is 17.5 Å². The lowest BCUT2D eigenvalue weighted by Gasteiger charge is -2.02. The van der Waals surface area contributed by atoms with Crippen LogP contribution < -0.4 is 5.73 Å². The monoisotopic (exact) mass is 183 g/mol. The lowest BCUT2D eigenvalue weighted by Crippen LogP contribution is -2.34.